The van der Waals surface area contributed by atoms with E-state index in [-0.39, 0.29) is 10.8 Å². The van der Waals surface area contributed by atoms with E-state index in [1.807, 2.05) is 26.0 Å². The standard InChI is InChI=1S/C11H9ClO3/c1-5-3-4-6(2)9-7(5)8(12)10(15-9)11(13)14/h3-4H,1-2H3,(H,13,14). The van der Waals surface area contributed by atoms with Crippen molar-refractivity contribution in [3.8, 4) is 0 Å². The Kier molecular flexibility index (Phi) is 2.20. The molecule has 0 fully saturated rings. The van der Waals surface area contributed by atoms with E-state index in [2.05, 4.69) is 0 Å². The van der Waals surface area contributed by atoms with Gasteiger partial charge in [0.25, 0.3) is 0 Å². The Balaban J connectivity index is 2.93. The lowest BCUT2D eigenvalue weighted by Crippen LogP contribution is -1.93. The van der Waals surface area contributed by atoms with Gasteiger partial charge in [0, 0.05) is 5.39 Å². The van der Waals surface area contributed by atoms with Gasteiger partial charge in [-0.1, -0.05) is 23.7 Å². The van der Waals surface area contributed by atoms with E-state index >= 15 is 0 Å². The molecule has 0 bridgehead atoms. The van der Waals surface area contributed by atoms with Gasteiger partial charge in [-0.05, 0) is 25.0 Å². The highest BCUT2D eigenvalue weighted by Gasteiger charge is 2.20. The third kappa shape index (κ3) is 1.39. The van der Waals surface area contributed by atoms with E-state index < -0.39 is 5.97 Å². The first-order chi connectivity index (χ1) is 7.02. The van der Waals surface area contributed by atoms with Gasteiger partial charge >= 0.3 is 5.97 Å². The molecule has 0 amide bonds. The van der Waals surface area contributed by atoms with Crippen LogP contribution in [0.25, 0.3) is 11.0 Å². The number of carboxylic acid groups (broad SMARTS) is 1. The van der Waals surface area contributed by atoms with Crippen molar-refractivity contribution >= 4 is 28.5 Å². The first-order valence-corrected chi connectivity index (χ1v) is 4.81. The maximum absolute atomic E-state index is 10.8. The zero-order valence-electron chi connectivity index (χ0n) is 8.30. The van der Waals surface area contributed by atoms with Gasteiger partial charge in [0.05, 0.1) is 0 Å². The first-order valence-electron chi connectivity index (χ1n) is 4.44. The van der Waals surface area contributed by atoms with Crippen LogP contribution in [0, 0.1) is 13.8 Å². The number of fused-ring (bicyclic) bond motifs is 1. The summed E-state index contributed by atoms with van der Waals surface area (Å²) < 4.78 is 5.24. The predicted molar refractivity (Wildman–Crippen MR) is 57.7 cm³/mol. The molecule has 0 aliphatic heterocycles. The monoisotopic (exact) mass is 224 g/mol. The van der Waals surface area contributed by atoms with Crippen LogP contribution in [-0.2, 0) is 0 Å². The van der Waals surface area contributed by atoms with Gasteiger partial charge in [0.1, 0.15) is 10.6 Å². The molecular formula is C11H9ClO3. The number of benzene rings is 1. The second-order valence-corrected chi connectivity index (χ2v) is 3.83. The topological polar surface area (TPSA) is 50.4 Å². The number of carboxylic acids is 1. The number of hydrogen-bond acceptors (Lipinski definition) is 2. The summed E-state index contributed by atoms with van der Waals surface area (Å²) in [6.07, 6.45) is 0. The second kappa shape index (κ2) is 3.28. The zero-order chi connectivity index (χ0) is 11.2. The Labute approximate surface area is 91.3 Å². The highest BCUT2D eigenvalue weighted by molar-refractivity contribution is 6.38. The number of hydrogen-bond donors (Lipinski definition) is 1. The fourth-order valence-electron chi connectivity index (χ4n) is 1.59. The molecule has 3 nitrogen and oxygen atoms in total. The summed E-state index contributed by atoms with van der Waals surface area (Å²) in [5.74, 6) is -1.33. The largest absolute Gasteiger partial charge is 0.475 e. The molecule has 0 saturated carbocycles. The molecule has 2 rings (SSSR count). The van der Waals surface area contributed by atoms with Crippen LogP contribution < -0.4 is 0 Å². The Morgan fingerprint density at radius 1 is 1.33 bits per heavy atom. The van der Waals surface area contributed by atoms with Gasteiger partial charge in [0.15, 0.2) is 0 Å². The molecule has 0 atom stereocenters. The zero-order valence-corrected chi connectivity index (χ0v) is 9.05. The molecule has 0 saturated heterocycles. The van der Waals surface area contributed by atoms with E-state index in [0.717, 1.165) is 11.1 Å². The predicted octanol–water partition coefficient (Wildman–Crippen LogP) is 3.40. The van der Waals surface area contributed by atoms with Crippen LogP contribution in [0.4, 0.5) is 0 Å². The quantitative estimate of drug-likeness (QED) is 0.808. The molecule has 15 heavy (non-hydrogen) atoms. The normalized spacial score (nSPS) is 10.9. The molecular weight excluding hydrogens is 216 g/mol. The smallest absolute Gasteiger partial charge is 0.373 e. The highest BCUT2D eigenvalue weighted by atomic mass is 35.5. The molecule has 1 heterocycles. The summed E-state index contributed by atoms with van der Waals surface area (Å²) in [5, 5.41) is 9.74. The lowest BCUT2D eigenvalue weighted by molar-refractivity contribution is 0.0665. The van der Waals surface area contributed by atoms with Crippen molar-refractivity contribution in [3.05, 3.63) is 34.0 Å². The molecule has 78 valence electrons. The fourth-order valence-corrected chi connectivity index (χ4v) is 1.94. The Morgan fingerprint density at radius 3 is 2.47 bits per heavy atom. The Morgan fingerprint density at radius 2 is 1.93 bits per heavy atom. The van der Waals surface area contributed by atoms with Crippen LogP contribution in [0.5, 0.6) is 0 Å². The van der Waals surface area contributed by atoms with Crippen molar-refractivity contribution in [1.29, 1.82) is 0 Å². The third-order valence-electron chi connectivity index (χ3n) is 2.38. The molecule has 0 radical (unpaired) electrons. The van der Waals surface area contributed by atoms with Gasteiger partial charge in [-0.3, -0.25) is 0 Å². The third-order valence-corrected chi connectivity index (χ3v) is 2.74. The summed E-state index contributed by atoms with van der Waals surface area (Å²) in [6.45, 7) is 3.72. The van der Waals surface area contributed by atoms with E-state index in [0.29, 0.717) is 11.0 Å². The summed E-state index contributed by atoms with van der Waals surface area (Å²) in [6, 6.07) is 3.77. The Hall–Kier alpha value is -1.48. The summed E-state index contributed by atoms with van der Waals surface area (Å²) in [4.78, 5) is 10.8. The van der Waals surface area contributed by atoms with Crippen LogP contribution in [0.15, 0.2) is 16.5 Å². The average Bonchev–Trinajstić information content (AvgIpc) is 2.51. The van der Waals surface area contributed by atoms with Gasteiger partial charge < -0.3 is 9.52 Å². The van der Waals surface area contributed by atoms with Crippen LogP contribution in [0.1, 0.15) is 21.7 Å². The second-order valence-electron chi connectivity index (χ2n) is 3.45. The molecule has 0 aliphatic carbocycles. The van der Waals surface area contributed by atoms with Crippen molar-refractivity contribution in [1.82, 2.24) is 0 Å². The molecule has 0 aliphatic rings. The van der Waals surface area contributed by atoms with E-state index in [1.165, 1.54) is 0 Å². The number of furan rings is 1. The summed E-state index contributed by atoms with van der Waals surface area (Å²) in [7, 11) is 0. The van der Waals surface area contributed by atoms with Gasteiger partial charge in [0.2, 0.25) is 5.76 Å². The molecule has 0 unspecified atom stereocenters. The highest BCUT2D eigenvalue weighted by Crippen LogP contribution is 2.34. The van der Waals surface area contributed by atoms with E-state index in [1.54, 1.807) is 0 Å². The van der Waals surface area contributed by atoms with Crippen LogP contribution >= 0.6 is 11.6 Å². The number of aromatic carboxylic acids is 1. The Bertz CT molecular complexity index is 554. The SMILES string of the molecule is Cc1ccc(C)c2c(Cl)c(C(=O)O)oc12. The number of rotatable bonds is 1. The summed E-state index contributed by atoms with van der Waals surface area (Å²) >= 11 is 5.95. The fraction of sp³-hybridized carbons (Fsp3) is 0.182. The van der Waals surface area contributed by atoms with Crippen molar-refractivity contribution in [2.75, 3.05) is 0 Å². The maximum Gasteiger partial charge on any atom is 0.373 e. The molecule has 1 N–H and O–H groups in total. The minimum atomic E-state index is -1.14. The molecule has 4 heteroatoms. The number of halogens is 1. The number of carbonyl (C=O) groups is 1. The maximum atomic E-state index is 10.8. The van der Waals surface area contributed by atoms with Crippen molar-refractivity contribution in [3.63, 3.8) is 0 Å². The van der Waals surface area contributed by atoms with E-state index in [4.69, 9.17) is 21.1 Å². The molecule has 2 aromatic rings. The number of aryl methyl sites for hydroxylation is 2. The van der Waals surface area contributed by atoms with Crippen molar-refractivity contribution < 1.29 is 14.3 Å². The van der Waals surface area contributed by atoms with Gasteiger partial charge in [-0.25, -0.2) is 4.79 Å². The van der Waals surface area contributed by atoms with Crippen molar-refractivity contribution in [2.45, 2.75) is 13.8 Å². The van der Waals surface area contributed by atoms with Crippen molar-refractivity contribution in [2.24, 2.45) is 0 Å². The minimum Gasteiger partial charge on any atom is -0.475 e. The average molecular weight is 225 g/mol. The molecule has 0 spiro atoms. The first kappa shape index (κ1) is 10.1. The molecule has 1 aromatic heterocycles. The van der Waals surface area contributed by atoms with Crippen LogP contribution in [0.3, 0.4) is 0 Å². The lowest BCUT2D eigenvalue weighted by Gasteiger charge is -1.97. The van der Waals surface area contributed by atoms with Gasteiger partial charge in [-0.15, -0.1) is 0 Å². The van der Waals surface area contributed by atoms with Crippen LogP contribution in [0.2, 0.25) is 5.02 Å². The van der Waals surface area contributed by atoms with E-state index in [9.17, 15) is 4.79 Å². The van der Waals surface area contributed by atoms with Gasteiger partial charge in [-0.2, -0.15) is 0 Å². The summed E-state index contributed by atoms with van der Waals surface area (Å²) in [5.41, 5.74) is 2.35. The lowest BCUT2D eigenvalue weighted by atomic mass is 10.1. The van der Waals surface area contributed by atoms with Crippen LogP contribution in [-0.4, -0.2) is 11.1 Å². The minimum absolute atomic E-state index is 0.179. The molecule has 1 aromatic carbocycles.